The molecule has 0 spiro atoms. The van der Waals surface area contributed by atoms with Gasteiger partial charge in [-0.05, 0) is 35.9 Å². The van der Waals surface area contributed by atoms with Gasteiger partial charge >= 0.3 is 0 Å². The normalized spacial score (nSPS) is 10.4. The van der Waals surface area contributed by atoms with Gasteiger partial charge in [-0.3, -0.25) is 4.79 Å². The third-order valence-corrected chi connectivity index (χ3v) is 4.16. The van der Waals surface area contributed by atoms with Gasteiger partial charge in [0.25, 0.3) is 0 Å². The van der Waals surface area contributed by atoms with Crippen molar-refractivity contribution in [3.63, 3.8) is 0 Å². The number of benzene rings is 1. The summed E-state index contributed by atoms with van der Waals surface area (Å²) in [6, 6.07) is 15.0. The van der Waals surface area contributed by atoms with E-state index in [2.05, 4.69) is 31.5 Å². The fraction of sp³-hybridized carbons (Fsp3) is 0.111. The zero-order valence-corrected chi connectivity index (χ0v) is 14.4. The lowest BCUT2D eigenvalue weighted by atomic mass is 10.1. The van der Waals surface area contributed by atoms with Crippen LogP contribution in [0, 0.1) is 0 Å². The van der Waals surface area contributed by atoms with Crippen molar-refractivity contribution in [2.45, 2.75) is 13.0 Å². The minimum Gasteiger partial charge on any atom is -0.467 e. The molecule has 122 valence electrons. The van der Waals surface area contributed by atoms with Gasteiger partial charge in [-0.2, -0.15) is 0 Å². The maximum absolute atomic E-state index is 12.1. The summed E-state index contributed by atoms with van der Waals surface area (Å²) in [6.45, 7) is 0.586. The average molecular weight is 386 g/mol. The number of rotatable bonds is 6. The molecule has 0 fully saturated rings. The molecule has 0 aliphatic heterocycles. The summed E-state index contributed by atoms with van der Waals surface area (Å²) in [5.41, 5.74) is 1.79. The average Bonchev–Trinajstić information content (AvgIpc) is 3.10. The van der Waals surface area contributed by atoms with E-state index >= 15 is 0 Å². The predicted octanol–water partition coefficient (Wildman–Crippen LogP) is 4.23. The highest BCUT2D eigenvalue weighted by Crippen LogP contribution is 2.17. The molecular formula is C18H16BrN3O2. The van der Waals surface area contributed by atoms with Crippen LogP contribution in [0.2, 0.25) is 0 Å². The van der Waals surface area contributed by atoms with E-state index in [4.69, 9.17) is 4.42 Å². The number of nitrogens with zero attached hydrogens (tertiary/aromatic N) is 1. The van der Waals surface area contributed by atoms with Crippen molar-refractivity contribution in [1.82, 2.24) is 4.98 Å². The number of anilines is 2. The van der Waals surface area contributed by atoms with Crippen LogP contribution in [0.25, 0.3) is 0 Å². The second kappa shape index (κ2) is 7.79. The molecular weight excluding hydrogens is 370 g/mol. The molecule has 0 aliphatic rings. The Hall–Kier alpha value is -2.60. The molecule has 5 nitrogen and oxygen atoms in total. The molecule has 3 rings (SSSR count). The first kappa shape index (κ1) is 16.3. The van der Waals surface area contributed by atoms with E-state index in [1.165, 1.54) is 0 Å². The lowest BCUT2D eigenvalue weighted by Crippen LogP contribution is -2.15. The molecule has 1 amide bonds. The van der Waals surface area contributed by atoms with E-state index in [0.717, 1.165) is 21.5 Å². The Labute approximate surface area is 148 Å². The molecule has 2 aromatic heterocycles. The molecule has 1 aromatic carbocycles. The number of amides is 1. The van der Waals surface area contributed by atoms with E-state index in [1.807, 2.05) is 42.5 Å². The third kappa shape index (κ3) is 4.45. The summed E-state index contributed by atoms with van der Waals surface area (Å²) in [7, 11) is 0. The standard InChI is InChI=1S/C18H16BrN3O2/c19-16-6-2-1-4-13(16)10-18(23)22-17-8-7-14(11-21-17)20-12-15-5-3-9-24-15/h1-9,11,20H,10,12H2,(H,21,22,23). The Morgan fingerprint density at radius 3 is 2.71 bits per heavy atom. The monoisotopic (exact) mass is 385 g/mol. The van der Waals surface area contributed by atoms with E-state index in [0.29, 0.717) is 18.8 Å². The van der Waals surface area contributed by atoms with Gasteiger partial charge < -0.3 is 15.1 Å². The molecule has 0 atom stereocenters. The lowest BCUT2D eigenvalue weighted by Gasteiger charge is -2.08. The Balaban J connectivity index is 1.54. The molecule has 0 saturated heterocycles. The molecule has 24 heavy (non-hydrogen) atoms. The van der Waals surface area contributed by atoms with Crippen LogP contribution >= 0.6 is 15.9 Å². The van der Waals surface area contributed by atoms with Gasteiger partial charge in [0.1, 0.15) is 11.6 Å². The van der Waals surface area contributed by atoms with Gasteiger partial charge in [0.05, 0.1) is 31.1 Å². The van der Waals surface area contributed by atoms with Gasteiger partial charge in [0, 0.05) is 4.47 Å². The highest BCUT2D eigenvalue weighted by molar-refractivity contribution is 9.10. The van der Waals surface area contributed by atoms with Crippen LogP contribution in [0.1, 0.15) is 11.3 Å². The lowest BCUT2D eigenvalue weighted by molar-refractivity contribution is -0.115. The molecule has 6 heteroatoms. The Kier molecular flexibility index (Phi) is 5.28. The van der Waals surface area contributed by atoms with Crippen LogP contribution in [-0.2, 0) is 17.8 Å². The Morgan fingerprint density at radius 1 is 1.12 bits per heavy atom. The van der Waals surface area contributed by atoms with Gasteiger partial charge in [0.15, 0.2) is 0 Å². The van der Waals surface area contributed by atoms with Crippen LogP contribution in [0.3, 0.4) is 0 Å². The van der Waals surface area contributed by atoms with Crippen molar-refractivity contribution in [2.24, 2.45) is 0 Å². The number of carbonyl (C=O) groups is 1. The molecule has 0 radical (unpaired) electrons. The summed E-state index contributed by atoms with van der Waals surface area (Å²) in [5.74, 6) is 1.27. The first-order valence-electron chi connectivity index (χ1n) is 7.46. The summed E-state index contributed by atoms with van der Waals surface area (Å²) in [4.78, 5) is 16.3. The number of hydrogen-bond acceptors (Lipinski definition) is 4. The molecule has 0 aliphatic carbocycles. The van der Waals surface area contributed by atoms with Crippen molar-refractivity contribution >= 4 is 33.3 Å². The highest BCUT2D eigenvalue weighted by Gasteiger charge is 2.07. The molecule has 3 aromatic rings. The summed E-state index contributed by atoms with van der Waals surface area (Å²) in [6.07, 6.45) is 3.61. The molecule has 0 bridgehead atoms. The number of pyridine rings is 1. The maximum atomic E-state index is 12.1. The second-order valence-electron chi connectivity index (χ2n) is 5.18. The largest absolute Gasteiger partial charge is 0.467 e. The topological polar surface area (TPSA) is 67.2 Å². The molecule has 2 N–H and O–H groups in total. The quantitative estimate of drug-likeness (QED) is 0.666. The van der Waals surface area contributed by atoms with Gasteiger partial charge in [-0.15, -0.1) is 0 Å². The summed E-state index contributed by atoms with van der Waals surface area (Å²) in [5, 5.41) is 6.00. The van der Waals surface area contributed by atoms with E-state index in [-0.39, 0.29) is 5.91 Å². The third-order valence-electron chi connectivity index (χ3n) is 3.39. The van der Waals surface area contributed by atoms with Gasteiger partial charge in [0.2, 0.25) is 5.91 Å². The SMILES string of the molecule is O=C(Cc1ccccc1Br)Nc1ccc(NCc2ccco2)cn1. The summed E-state index contributed by atoms with van der Waals surface area (Å²) < 4.78 is 6.18. The first-order chi connectivity index (χ1) is 11.7. The van der Waals surface area contributed by atoms with Crippen LogP contribution < -0.4 is 10.6 Å². The van der Waals surface area contributed by atoms with Crippen LogP contribution in [0.5, 0.6) is 0 Å². The number of carbonyl (C=O) groups excluding carboxylic acids is 1. The van der Waals surface area contributed by atoms with E-state index in [9.17, 15) is 4.79 Å². The van der Waals surface area contributed by atoms with E-state index in [1.54, 1.807) is 18.5 Å². The second-order valence-corrected chi connectivity index (χ2v) is 6.04. The number of aromatic nitrogens is 1. The number of halogens is 1. The molecule has 0 unspecified atom stereocenters. The maximum Gasteiger partial charge on any atom is 0.229 e. The number of furan rings is 1. The van der Waals surface area contributed by atoms with Crippen LogP contribution in [0.4, 0.5) is 11.5 Å². The Morgan fingerprint density at radius 2 is 2.00 bits per heavy atom. The highest BCUT2D eigenvalue weighted by atomic mass is 79.9. The smallest absolute Gasteiger partial charge is 0.229 e. The van der Waals surface area contributed by atoms with Crippen LogP contribution in [0.15, 0.2) is 69.9 Å². The molecule has 2 heterocycles. The minimum atomic E-state index is -0.106. The van der Waals surface area contributed by atoms with Gasteiger partial charge in [-0.25, -0.2) is 4.98 Å². The number of nitrogens with one attached hydrogen (secondary N) is 2. The minimum absolute atomic E-state index is 0.106. The zero-order valence-electron chi connectivity index (χ0n) is 12.8. The Bertz CT molecular complexity index is 801. The van der Waals surface area contributed by atoms with Crippen LogP contribution in [-0.4, -0.2) is 10.9 Å². The van der Waals surface area contributed by atoms with Crippen molar-refractivity contribution in [3.05, 3.63) is 76.8 Å². The fourth-order valence-corrected chi connectivity index (χ4v) is 2.60. The zero-order chi connectivity index (χ0) is 16.8. The van der Waals surface area contributed by atoms with Crippen molar-refractivity contribution in [1.29, 1.82) is 0 Å². The van der Waals surface area contributed by atoms with Crippen molar-refractivity contribution in [3.8, 4) is 0 Å². The van der Waals surface area contributed by atoms with Crippen molar-refractivity contribution < 1.29 is 9.21 Å². The van der Waals surface area contributed by atoms with Crippen molar-refractivity contribution in [2.75, 3.05) is 10.6 Å². The molecule has 0 saturated carbocycles. The fourth-order valence-electron chi connectivity index (χ4n) is 2.18. The first-order valence-corrected chi connectivity index (χ1v) is 8.25. The predicted molar refractivity (Wildman–Crippen MR) is 96.7 cm³/mol. The summed E-state index contributed by atoms with van der Waals surface area (Å²) >= 11 is 3.44. The van der Waals surface area contributed by atoms with E-state index < -0.39 is 0 Å². The van der Waals surface area contributed by atoms with Gasteiger partial charge in [-0.1, -0.05) is 34.1 Å². The number of hydrogen-bond donors (Lipinski definition) is 2.